The Bertz CT molecular complexity index is 1040. The molecule has 1 heterocycles. The molecule has 2 aromatic carbocycles. The Morgan fingerprint density at radius 1 is 1.15 bits per heavy atom. The third-order valence-electron chi connectivity index (χ3n) is 4.57. The molecule has 27 heavy (non-hydrogen) atoms. The van der Waals surface area contributed by atoms with Crippen molar-refractivity contribution in [3.05, 3.63) is 75.3 Å². The Morgan fingerprint density at radius 2 is 1.85 bits per heavy atom. The van der Waals surface area contributed by atoms with Crippen molar-refractivity contribution in [2.45, 2.75) is 38.8 Å². The van der Waals surface area contributed by atoms with Crippen molar-refractivity contribution in [3.8, 4) is 0 Å². The van der Waals surface area contributed by atoms with Crippen LogP contribution >= 0.6 is 12.2 Å². The molecule has 5 nitrogen and oxygen atoms in total. The summed E-state index contributed by atoms with van der Waals surface area (Å²) < 4.78 is 1.79. The standard InChI is InChI=1S/C21H23N3O2S/c1-15(11-12-16-7-3-2-4-8-16)22-19(25)13-14-24-20(26)17-9-5-6-10-18(17)23-21(24)27/h2-10,15H,11-14H2,1H3,(H,22,25)(H,23,27). The van der Waals surface area contributed by atoms with Crippen molar-refractivity contribution in [1.82, 2.24) is 14.9 Å². The number of H-pyrrole nitrogens is 1. The molecule has 1 unspecified atom stereocenters. The van der Waals surface area contributed by atoms with E-state index >= 15 is 0 Å². The molecule has 140 valence electrons. The first-order chi connectivity index (χ1) is 13.0. The zero-order valence-corrected chi connectivity index (χ0v) is 16.1. The number of carbonyl (C=O) groups excluding carboxylic acids is 1. The molecule has 2 N–H and O–H groups in total. The third kappa shape index (κ3) is 4.92. The minimum atomic E-state index is -0.167. The van der Waals surface area contributed by atoms with Gasteiger partial charge in [-0.15, -0.1) is 0 Å². The second-order valence-electron chi connectivity index (χ2n) is 6.68. The first kappa shape index (κ1) is 19.0. The summed E-state index contributed by atoms with van der Waals surface area (Å²) in [5.41, 5.74) is 1.80. The van der Waals surface area contributed by atoms with Crippen molar-refractivity contribution < 1.29 is 4.79 Å². The summed E-state index contributed by atoms with van der Waals surface area (Å²) in [6, 6.07) is 17.5. The molecule has 0 bridgehead atoms. The number of aryl methyl sites for hydroxylation is 1. The van der Waals surface area contributed by atoms with Crippen LogP contribution in [0.25, 0.3) is 10.9 Å². The Balaban J connectivity index is 1.57. The lowest BCUT2D eigenvalue weighted by atomic mass is 10.1. The number of benzene rings is 2. The summed E-state index contributed by atoms with van der Waals surface area (Å²) in [4.78, 5) is 27.9. The first-order valence-corrected chi connectivity index (χ1v) is 9.50. The lowest BCUT2D eigenvalue weighted by Gasteiger charge is -2.14. The molecule has 3 aromatic rings. The molecule has 0 radical (unpaired) electrons. The number of nitrogens with one attached hydrogen (secondary N) is 2. The molecule has 0 aliphatic carbocycles. The van der Waals surface area contributed by atoms with Crippen molar-refractivity contribution in [2.75, 3.05) is 0 Å². The molecule has 1 atom stereocenters. The summed E-state index contributed by atoms with van der Waals surface area (Å²) in [5, 5.41) is 3.57. The number of nitrogens with zero attached hydrogens (tertiary/aromatic N) is 1. The fraction of sp³-hybridized carbons (Fsp3) is 0.286. The highest BCUT2D eigenvalue weighted by atomic mass is 32.1. The lowest BCUT2D eigenvalue weighted by Crippen LogP contribution is -2.34. The van der Waals surface area contributed by atoms with Crippen LogP contribution in [0.15, 0.2) is 59.4 Å². The lowest BCUT2D eigenvalue weighted by molar-refractivity contribution is -0.121. The van der Waals surface area contributed by atoms with E-state index in [9.17, 15) is 9.59 Å². The van der Waals surface area contributed by atoms with Crippen molar-refractivity contribution >= 4 is 29.0 Å². The van der Waals surface area contributed by atoms with Crippen LogP contribution in [-0.4, -0.2) is 21.5 Å². The third-order valence-corrected chi connectivity index (χ3v) is 4.89. The van der Waals surface area contributed by atoms with Gasteiger partial charge in [0.1, 0.15) is 0 Å². The highest BCUT2D eigenvalue weighted by Gasteiger charge is 2.10. The highest BCUT2D eigenvalue weighted by Crippen LogP contribution is 2.07. The Kier molecular flexibility index (Phi) is 6.19. The van der Waals surface area contributed by atoms with Crippen LogP contribution in [-0.2, 0) is 17.8 Å². The molecule has 0 saturated carbocycles. The molecular weight excluding hydrogens is 358 g/mol. The van der Waals surface area contributed by atoms with Gasteiger partial charge in [-0.25, -0.2) is 0 Å². The summed E-state index contributed by atoms with van der Waals surface area (Å²) in [6.45, 7) is 2.26. The van der Waals surface area contributed by atoms with Crippen molar-refractivity contribution in [2.24, 2.45) is 0 Å². The SMILES string of the molecule is CC(CCc1ccccc1)NC(=O)CCn1c(=S)[nH]c2ccccc2c1=O. The molecule has 0 fully saturated rings. The average molecular weight is 382 g/mol. The minimum absolute atomic E-state index is 0.0700. The Morgan fingerprint density at radius 3 is 2.63 bits per heavy atom. The summed E-state index contributed by atoms with van der Waals surface area (Å²) in [7, 11) is 0. The van der Waals surface area contributed by atoms with Crippen molar-refractivity contribution in [1.29, 1.82) is 0 Å². The monoisotopic (exact) mass is 381 g/mol. The van der Waals surface area contributed by atoms with E-state index in [0.29, 0.717) is 15.7 Å². The average Bonchev–Trinajstić information content (AvgIpc) is 2.67. The normalized spacial score (nSPS) is 12.0. The number of para-hydroxylation sites is 1. The quantitative estimate of drug-likeness (QED) is 0.615. The van der Waals surface area contributed by atoms with Crippen LogP contribution in [0.1, 0.15) is 25.3 Å². The zero-order valence-electron chi connectivity index (χ0n) is 15.3. The number of carbonyl (C=O) groups is 1. The predicted molar refractivity (Wildman–Crippen MR) is 110 cm³/mol. The topological polar surface area (TPSA) is 66.9 Å². The van der Waals surface area contributed by atoms with Gasteiger partial charge in [0.2, 0.25) is 5.91 Å². The van der Waals surface area contributed by atoms with Gasteiger partial charge < -0.3 is 10.3 Å². The number of aromatic amines is 1. The Labute approximate surface area is 163 Å². The molecule has 0 aliphatic heterocycles. The molecule has 0 spiro atoms. The van der Waals surface area contributed by atoms with Gasteiger partial charge in [-0.05, 0) is 49.7 Å². The summed E-state index contributed by atoms with van der Waals surface area (Å²) in [5.74, 6) is -0.0787. The van der Waals surface area contributed by atoms with E-state index < -0.39 is 0 Å². The van der Waals surface area contributed by atoms with E-state index in [1.165, 1.54) is 10.1 Å². The summed E-state index contributed by atoms with van der Waals surface area (Å²) >= 11 is 5.28. The number of hydrogen-bond acceptors (Lipinski definition) is 3. The minimum Gasteiger partial charge on any atom is -0.354 e. The van der Waals surface area contributed by atoms with Gasteiger partial charge >= 0.3 is 0 Å². The van der Waals surface area contributed by atoms with Gasteiger partial charge in [-0.1, -0.05) is 42.5 Å². The maximum Gasteiger partial charge on any atom is 0.262 e. The maximum atomic E-state index is 12.6. The summed E-state index contributed by atoms with van der Waals surface area (Å²) in [6.07, 6.45) is 1.99. The fourth-order valence-electron chi connectivity index (χ4n) is 3.06. The molecule has 6 heteroatoms. The van der Waals surface area contributed by atoms with Crippen LogP contribution < -0.4 is 10.9 Å². The zero-order chi connectivity index (χ0) is 19.2. The Hall–Kier alpha value is -2.73. The number of hydrogen-bond donors (Lipinski definition) is 2. The van der Waals surface area contributed by atoms with E-state index in [1.807, 2.05) is 43.3 Å². The number of amides is 1. The van der Waals surface area contributed by atoms with Gasteiger partial charge in [0.15, 0.2) is 4.77 Å². The molecule has 1 aromatic heterocycles. The first-order valence-electron chi connectivity index (χ1n) is 9.10. The van der Waals surface area contributed by atoms with Gasteiger partial charge in [0.25, 0.3) is 5.56 Å². The largest absolute Gasteiger partial charge is 0.354 e. The molecule has 0 aliphatic rings. The number of rotatable bonds is 7. The number of aromatic nitrogens is 2. The van der Waals surface area contributed by atoms with Gasteiger partial charge in [-0.3, -0.25) is 14.2 Å². The maximum absolute atomic E-state index is 12.6. The van der Waals surface area contributed by atoms with Crippen molar-refractivity contribution in [3.63, 3.8) is 0 Å². The molecule has 0 saturated heterocycles. The predicted octanol–water partition coefficient (Wildman–Crippen LogP) is 3.59. The smallest absolute Gasteiger partial charge is 0.262 e. The fourth-order valence-corrected chi connectivity index (χ4v) is 3.35. The molecule has 3 rings (SSSR count). The van der Waals surface area contributed by atoms with Crippen LogP contribution in [0.2, 0.25) is 0 Å². The van der Waals surface area contributed by atoms with Crippen LogP contribution in [0.4, 0.5) is 0 Å². The van der Waals surface area contributed by atoms with E-state index in [-0.39, 0.29) is 30.5 Å². The molecular formula is C21H23N3O2S. The second-order valence-corrected chi connectivity index (χ2v) is 7.06. The molecule has 1 amide bonds. The van der Waals surface area contributed by atoms with Gasteiger partial charge in [0, 0.05) is 19.0 Å². The van der Waals surface area contributed by atoms with Crippen LogP contribution in [0.5, 0.6) is 0 Å². The number of fused-ring (bicyclic) bond motifs is 1. The van der Waals surface area contributed by atoms with E-state index in [1.54, 1.807) is 6.07 Å². The van der Waals surface area contributed by atoms with Crippen LogP contribution in [0, 0.1) is 4.77 Å². The van der Waals surface area contributed by atoms with Gasteiger partial charge in [-0.2, -0.15) is 0 Å². The highest BCUT2D eigenvalue weighted by molar-refractivity contribution is 7.71. The van der Waals surface area contributed by atoms with E-state index in [0.717, 1.165) is 12.8 Å². The van der Waals surface area contributed by atoms with Crippen LogP contribution in [0.3, 0.4) is 0 Å². The van der Waals surface area contributed by atoms with E-state index in [2.05, 4.69) is 22.4 Å². The van der Waals surface area contributed by atoms with Gasteiger partial charge in [0.05, 0.1) is 10.9 Å². The van der Waals surface area contributed by atoms with E-state index in [4.69, 9.17) is 12.2 Å². The second kappa shape index (κ2) is 8.77.